The van der Waals surface area contributed by atoms with E-state index in [1.54, 1.807) is 18.2 Å². The van der Waals surface area contributed by atoms with Crippen LogP contribution in [-0.2, 0) is 17.1 Å². The molecule has 0 aliphatic rings. The number of hydrogen-bond acceptors (Lipinski definition) is 5. The average molecular weight is 367 g/mol. The lowest BCUT2D eigenvalue weighted by Crippen LogP contribution is -2.18. The summed E-state index contributed by atoms with van der Waals surface area (Å²) in [7, 11) is -0.269. The van der Waals surface area contributed by atoms with E-state index >= 15 is 0 Å². The van der Waals surface area contributed by atoms with Crippen molar-refractivity contribution in [3.63, 3.8) is 0 Å². The van der Waals surface area contributed by atoms with Crippen molar-refractivity contribution in [2.24, 2.45) is 7.05 Å². The van der Waals surface area contributed by atoms with E-state index in [-0.39, 0.29) is 16.3 Å². The summed E-state index contributed by atoms with van der Waals surface area (Å²) in [6.45, 7) is 0. The first-order valence-corrected chi connectivity index (χ1v) is 9.21. The van der Waals surface area contributed by atoms with Gasteiger partial charge in [0.2, 0.25) is 10.0 Å². The monoisotopic (exact) mass is 367 g/mol. The zero-order valence-electron chi connectivity index (χ0n) is 14.3. The highest BCUT2D eigenvalue weighted by Crippen LogP contribution is 2.31. The van der Waals surface area contributed by atoms with Gasteiger partial charge in [-0.15, -0.1) is 0 Å². The molecule has 3 N–H and O–H groups in total. The Bertz CT molecular complexity index is 1110. The molecular formula is C18H17N5O2S. The van der Waals surface area contributed by atoms with Crippen molar-refractivity contribution < 1.29 is 8.42 Å². The first-order valence-electron chi connectivity index (χ1n) is 7.72. The Morgan fingerprint density at radius 2 is 1.88 bits per heavy atom. The third kappa shape index (κ3) is 3.18. The van der Waals surface area contributed by atoms with E-state index in [1.807, 2.05) is 30.1 Å². The molecule has 0 aliphatic carbocycles. The lowest BCUT2D eigenvalue weighted by atomic mass is 9.99. The average Bonchev–Trinajstić information content (AvgIpc) is 3.07. The summed E-state index contributed by atoms with van der Waals surface area (Å²) in [5, 5.41) is 9.47. The van der Waals surface area contributed by atoms with E-state index < -0.39 is 10.0 Å². The van der Waals surface area contributed by atoms with E-state index in [0.717, 1.165) is 5.56 Å². The third-order valence-electron chi connectivity index (χ3n) is 4.03. The molecule has 2 aromatic heterocycles. The van der Waals surface area contributed by atoms with Crippen LogP contribution in [0.5, 0.6) is 0 Å². The van der Waals surface area contributed by atoms with Gasteiger partial charge in [0.15, 0.2) is 0 Å². The summed E-state index contributed by atoms with van der Waals surface area (Å²) >= 11 is 0. The van der Waals surface area contributed by atoms with Crippen LogP contribution in [0.4, 0.5) is 5.82 Å². The molecule has 0 radical (unpaired) electrons. The lowest BCUT2D eigenvalue weighted by Gasteiger charge is -2.10. The van der Waals surface area contributed by atoms with Crippen LogP contribution in [0.25, 0.3) is 22.4 Å². The van der Waals surface area contributed by atoms with Gasteiger partial charge in [0, 0.05) is 30.6 Å². The largest absolute Gasteiger partial charge is 0.383 e. The van der Waals surface area contributed by atoms with Gasteiger partial charge in [0.25, 0.3) is 0 Å². The molecule has 132 valence electrons. The minimum absolute atomic E-state index is 0.135. The molecule has 0 saturated carbocycles. The second kappa shape index (κ2) is 6.63. The fourth-order valence-corrected chi connectivity index (χ4v) is 3.37. The molecule has 3 rings (SSSR count). The highest BCUT2D eigenvalue weighted by molar-refractivity contribution is 7.89. The Morgan fingerprint density at radius 3 is 2.42 bits per heavy atom. The number of nitrogens with two attached hydrogens (primary N) is 1. The summed E-state index contributed by atoms with van der Waals surface area (Å²) < 4.78 is 27.9. The van der Waals surface area contributed by atoms with Gasteiger partial charge in [-0.05, 0) is 36.9 Å². The maximum Gasteiger partial charge on any atom is 0.240 e. The number of benzene rings is 1. The standard InChI is InChI=1S/C18H17N5O2S/c1-21-26(24,25)14-5-3-12(4-6-14)15-9-17(13-7-8-23(2)11-13)22-18(20)16(15)10-19/h3-9,11,21H,1-2H3,(H2,20,22). The number of nitrogens with zero attached hydrogens (tertiary/aromatic N) is 3. The van der Waals surface area contributed by atoms with Crippen LogP contribution >= 0.6 is 0 Å². The molecule has 0 atom stereocenters. The van der Waals surface area contributed by atoms with Crippen molar-refractivity contribution in [3.8, 4) is 28.5 Å². The second-order valence-corrected chi connectivity index (χ2v) is 7.61. The molecule has 0 unspecified atom stereocenters. The quantitative estimate of drug-likeness (QED) is 0.733. The minimum atomic E-state index is -3.52. The maximum absolute atomic E-state index is 11.9. The minimum Gasteiger partial charge on any atom is -0.383 e. The molecule has 0 amide bonds. The van der Waals surface area contributed by atoms with Crippen LogP contribution < -0.4 is 10.5 Å². The lowest BCUT2D eigenvalue weighted by molar-refractivity contribution is 0.588. The molecule has 0 bridgehead atoms. The van der Waals surface area contributed by atoms with Gasteiger partial charge in [0.05, 0.1) is 10.6 Å². The molecule has 0 aliphatic heterocycles. The van der Waals surface area contributed by atoms with Crippen LogP contribution in [0, 0.1) is 11.3 Å². The summed E-state index contributed by atoms with van der Waals surface area (Å²) in [5.41, 5.74) is 9.05. The number of aromatic nitrogens is 2. The van der Waals surface area contributed by atoms with Crippen LogP contribution in [0.1, 0.15) is 5.56 Å². The van der Waals surface area contributed by atoms with Crippen molar-refractivity contribution in [2.75, 3.05) is 12.8 Å². The number of pyridine rings is 1. The van der Waals surface area contributed by atoms with Crippen molar-refractivity contribution >= 4 is 15.8 Å². The van der Waals surface area contributed by atoms with E-state index in [9.17, 15) is 13.7 Å². The van der Waals surface area contributed by atoms with Gasteiger partial charge < -0.3 is 10.3 Å². The fraction of sp³-hybridized carbons (Fsp3) is 0.111. The smallest absolute Gasteiger partial charge is 0.240 e. The molecule has 1 aromatic carbocycles. The van der Waals surface area contributed by atoms with Gasteiger partial charge in [-0.2, -0.15) is 5.26 Å². The first kappa shape index (κ1) is 17.7. The SMILES string of the molecule is CNS(=O)(=O)c1ccc(-c2cc(-c3ccn(C)c3)nc(N)c2C#N)cc1. The van der Waals surface area contributed by atoms with Gasteiger partial charge >= 0.3 is 0 Å². The molecule has 7 nitrogen and oxygen atoms in total. The number of sulfonamides is 1. The molecule has 0 spiro atoms. The number of rotatable bonds is 4. The van der Waals surface area contributed by atoms with Crippen LogP contribution in [0.3, 0.4) is 0 Å². The van der Waals surface area contributed by atoms with E-state index in [1.165, 1.54) is 19.2 Å². The van der Waals surface area contributed by atoms with Gasteiger partial charge in [0.1, 0.15) is 17.5 Å². The summed E-state index contributed by atoms with van der Waals surface area (Å²) in [6.07, 6.45) is 3.79. The van der Waals surface area contributed by atoms with Gasteiger partial charge in [-0.3, -0.25) is 0 Å². The number of anilines is 1. The highest BCUT2D eigenvalue weighted by atomic mass is 32.2. The third-order valence-corrected chi connectivity index (χ3v) is 5.46. The van der Waals surface area contributed by atoms with E-state index in [4.69, 9.17) is 5.73 Å². The number of hydrogen-bond donors (Lipinski definition) is 2. The Balaban J connectivity index is 2.15. The molecule has 2 heterocycles. The van der Waals surface area contributed by atoms with Gasteiger partial charge in [-0.1, -0.05) is 12.1 Å². The molecule has 8 heteroatoms. The van der Waals surface area contributed by atoms with Crippen molar-refractivity contribution in [1.29, 1.82) is 5.26 Å². The molecule has 0 fully saturated rings. The number of aryl methyl sites for hydroxylation is 1. The van der Waals surface area contributed by atoms with Gasteiger partial charge in [-0.25, -0.2) is 18.1 Å². The number of nitrogen functional groups attached to an aromatic ring is 1. The predicted molar refractivity (Wildman–Crippen MR) is 99.5 cm³/mol. The Labute approximate surface area is 151 Å². The normalized spacial score (nSPS) is 11.3. The maximum atomic E-state index is 11.9. The zero-order valence-corrected chi connectivity index (χ0v) is 15.1. The summed E-state index contributed by atoms with van der Waals surface area (Å²) in [5.74, 6) is 0.135. The van der Waals surface area contributed by atoms with E-state index in [0.29, 0.717) is 16.8 Å². The zero-order chi connectivity index (χ0) is 18.9. The number of nitriles is 1. The van der Waals surface area contributed by atoms with Crippen LogP contribution in [0.2, 0.25) is 0 Å². The Hall–Kier alpha value is -3.15. The summed E-state index contributed by atoms with van der Waals surface area (Å²) in [4.78, 5) is 4.47. The molecular weight excluding hydrogens is 350 g/mol. The molecule has 0 saturated heterocycles. The van der Waals surface area contributed by atoms with Crippen molar-refractivity contribution in [3.05, 3.63) is 54.4 Å². The predicted octanol–water partition coefficient (Wildman–Crippen LogP) is 2.12. The summed E-state index contributed by atoms with van der Waals surface area (Å²) in [6, 6.07) is 12.0. The topological polar surface area (TPSA) is 114 Å². The van der Waals surface area contributed by atoms with Crippen molar-refractivity contribution in [1.82, 2.24) is 14.3 Å². The Morgan fingerprint density at radius 1 is 1.19 bits per heavy atom. The first-order chi connectivity index (χ1) is 12.4. The fourth-order valence-electron chi connectivity index (χ4n) is 2.64. The highest BCUT2D eigenvalue weighted by Gasteiger charge is 2.16. The second-order valence-electron chi connectivity index (χ2n) is 5.72. The van der Waals surface area contributed by atoms with Crippen LogP contribution in [-0.4, -0.2) is 25.0 Å². The van der Waals surface area contributed by atoms with E-state index in [2.05, 4.69) is 15.8 Å². The van der Waals surface area contributed by atoms with Crippen LogP contribution in [0.15, 0.2) is 53.7 Å². The molecule has 3 aromatic rings. The Kier molecular flexibility index (Phi) is 4.50. The molecule has 26 heavy (non-hydrogen) atoms. The van der Waals surface area contributed by atoms with Crippen molar-refractivity contribution in [2.45, 2.75) is 4.90 Å². The number of nitrogens with one attached hydrogen (secondary N) is 1.